The van der Waals surface area contributed by atoms with E-state index in [0.29, 0.717) is 23.3 Å². The summed E-state index contributed by atoms with van der Waals surface area (Å²) in [6.07, 6.45) is 6.42. The minimum Gasteiger partial charge on any atom is -0.471 e. The van der Waals surface area contributed by atoms with Crippen molar-refractivity contribution in [1.82, 2.24) is 15.2 Å². The van der Waals surface area contributed by atoms with E-state index in [-0.39, 0.29) is 28.8 Å². The van der Waals surface area contributed by atoms with Crippen LogP contribution in [0.2, 0.25) is 0 Å². The molecule has 37 heavy (non-hydrogen) atoms. The lowest BCUT2D eigenvalue weighted by atomic mass is 9.72. The standard InChI is InChI=1S/C29H39BrFN3O3/c1-18(35)33-24(13-19-7-8-23(31)22(30)12-19)26(36)17-34(5)25-15-29(9-6-10-29)37-27-21(25)11-20(16-32-27)14-28(2,3)4/h7-8,11-12,16,24-26,36H,6,9-10,13-15,17H2,1-5H3,(H,33,35)/t24-,25-,26-/m0/s1. The largest absolute Gasteiger partial charge is 0.471 e. The molecule has 4 rings (SSSR count). The molecular weight excluding hydrogens is 537 g/mol. The third kappa shape index (κ3) is 6.89. The van der Waals surface area contributed by atoms with Gasteiger partial charge in [0, 0.05) is 37.7 Å². The molecule has 2 aromatic rings. The molecule has 1 aromatic carbocycles. The molecule has 6 nitrogen and oxygen atoms in total. The summed E-state index contributed by atoms with van der Waals surface area (Å²) in [5, 5.41) is 14.2. The first-order valence-electron chi connectivity index (χ1n) is 13.1. The maximum atomic E-state index is 13.7. The van der Waals surface area contributed by atoms with Crippen molar-refractivity contribution in [3.05, 3.63) is 57.4 Å². The molecule has 2 N–H and O–H groups in total. The number of aliphatic hydroxyl groups excluding tert-OH is 1. The summed E-state index contributed by atoms with van der Waals surface area (Å²) in [7, 11) is 2.02. The number of rotatable bonds is 8. The Bertz CT molecular complexity index is 1130. The van der Waals surface area contributed by atoms with Crippen LogP contribution in [0.4, 0.5) is 4.39 Å². The first-order chi connectivity index (χ1) is 17.3. The van der Waals surface area contributed by atoms with E-state index in [0.717, 1.165) is 43.2 Å². The first-order valence-corrected chi connectivity index (χ1v) is 13.9. The van der Waals surface area contributed by atoms with Gasteiger partial charge in [0.05, 0.1) is 16.6 Å². The van der Waals surface area contributed by atoms with Gasteiger partial charge >= 0.3 is 0 Å². The quantitative estimate of drug-likeness (QED) is 0.443. The number of carbonyl (C=O) groups excluding carboxylic acids is 1. The molecule has 1 aromatic heterocycles. The third-order valence-electron chi connectivity index (χ3n) is 7.47. The molecule has 8 heteroatoms. The average Bonchev–Trinajstić information content (AvgIpc) is 2.78. The summed E-state index contributed by atoms with van der Waals surface area (Å²) in [4.78, 5) is 18.9. The maximum absolute atomic E-state index is 13.7. The highest BCUT2D eigenvalue weighted by Crippen LogP contribution is 2.50. The number of benzene rings is 1. The molecule has 1 amide bonds. The van der Waals surface area contributed by atoms with Gasteiger partial charge in [-0.25, -0.2) is 9.37 Å². The Morgan fingerprint density at radius 3 is 2.65 bits per heavy atom. The number of fused-ring (bicyclic) bond motifs is 1. The lowest BCUT2D eigenvalue weighted by Gasteiger charge is -2.49. The van der Waals surface area contributed by atoms with Crippen LogP contribution in [0.25, 0.3) is 0 Å². The van der Waals surface area contributed by atoms with Crippen molar-refractivity contribution >= 4 is 21.8 Å². The Balaban J connectivity index is 1.55. The molecule has 2 aliphatic rings. The molecule has 202 valence electrons. The van der Waals surface area contributed by atoms with Crippen molar-refractivity contribution in [2.24, 2.45) is 5.41 Å². The Morgan fingerprint density at radius 2 is 2.05 bits per heavy atom. The summed E-state index contributed by atoms with van der Waals surface area (Å²) in [5.41, 5.74) is 3.02. The zero-order chi connectivity index (χ0) is 27.0. The number of carbonyl (C=O) groups is 1. The van der Waals surface area contributed by atoms with Crippen LogP contribution >= 0.6 is 15.9 Å². The number of nitrogens with one attached hydrogen (secondary N) is 1. The van der Waals surface area contributed by atoms with Gasteiger partial charge in [-0.1, -0.05) is 26.8 Å². The van der Waals surface area contributed by atoms with Gasteiger partial charge in [0.1, 0.15) is 11.4 Å². The zero-order valence-corrected chi connectivity index (χ0v) is 24.1. The monoisotopic (exact) mass is 575 g/mol. The molecule has 1 saturated carbocycles. The Hall–Kier alpha value is -2.03. The van der Waals surface area contributed by atoms with E-state index in [1.165, 1.54) is 18.6 Å². The molecule has 3 atom stereocenters. The van der Waals surface area contributed by atoms with Gasteiger partial charge in [-0.05, 0) is 89.8 Å². The summed E-state index contributed by atoms with van der Waals surface area (Å²) in [6, 6.07) is 6.51. The smallest absolute Gasteiger partial charge is 0.218 e. The molecule has 1 fully saturated rings. The van der Waals surface area contributed by atoms with Crippen LogP contribution in [-0.4, -0.2) is 52.2 Å². The van der Waals surface area contributed by atoms with Crippen LogP contribution in [0.15, 0.2) is 34.9 Å². The number of nitrogens with zero attached hydrogens (tertiary/aromatic N) is 2. The number of halogens is 2. The minimum atomic E-state index is -0.827. The second-order valence-electron chi connectivity index (χ2n) is 12.1. The van der Waals surface area contributed by atoms with Gasteiger partial charge in [-0.3, -0.25) is 9.69 Å². The summed E-state index contributed by atoms with van der Waals surface area (Å²) >= 11 is 3.23. The number of hydrogen-bond donors (Lipinski definition) is 2. The molecular formula is C29H39BrFN3O3. The number of amides is 1. The molecule has 1 spiro atoms. The molecule has 1 aliphatic heterocycles. The molecule has 0 radical (unpaired) electrons. The molecule has 0 unspecified atom stereocenters. The Labute approximate surface area is 228 Å². The highest BCUT2D eigenvalue weighted by atomic mass is 79.9. The van der Waals surface area contributed by atoms with E-state index in [1.807, 2.05) is 13.2 Å². The van der Waals surface area contributed by atoms with Crippen molar-refractivity contribution in [2.45, 2.75) is 90.0 Å². The number of ether oxygens (including phenoxy) is 1. The topological polar surface area (TPSA) is 74.7 Å². The highest BCUT2D eigenvalue weighted by Gasteiger charge is 2.47. The zero-order valence-electron chi connectivity index (χ0n) is 22.5. The SMILES string of the molecule is CC(=O)N[C@@H](Cc1ccc(F)c(Br)c1)[C@@H](O)CN(C)[C@H]1CC2(CCC2)Oc2ncc(CC(C)(C)C)cc21. The Morgan fingerprint density at radius 1 is 1.32 bits per heavy atom. The second kappa shape index (κ2) is 11.0. The van der Waals surface area contributed by atoms with Crippen LogP contribution < -0.4 is 10.1 Å². The minimum absolute atomic E-state index is 0.0454. The maximum Gasteiger partial charge on any atom is 0.218 e. The van der Waals surface area contributed by atoms with Gasteiger partial charge < -0.3 is 15.2 Å². The van der Waals surface area contributed by atoms with Crippen LogP contribution in [0.1, 0.15) is 76.1 Å². The van der Waals surface area contributed by atoms with E-state index in [1.54, 1.807) is 12.1 Å². The number of pyridine rings is 1. The van der Waals surface area contributed by atoms with E-state index in [2.05, 4.69) is 53.0 Å². The number of hydrogen-bond acceptors (Lipinski definition) is 5. The second-order valence-corrected chi connectivity index (χ2v) is 13.0. The number of aromatic nitrogens is 1. The van der Waals surface area contributed by atoms with Crippen LogP contribution in [0.5, 0.6) is 5.88 Å². The molecule has 0 bridgehead atoms. The number of likely N-dealkylation sites (N-methyl/N-ethyl adjacent to an activating group) is 1. The van der Waals surface area contributed by atoms with E-state index < -0.39 is 12.1 Å². The van der Waals surface area contributed by atoms with E-state index in [4.69, 9.17) is 9.72 Å². The van der Waals surface area contributed by atoms with Crippen molar-refractivity contribution in [2.75, 3.05) is 13.6 Å². The lowest BCUT2D eigenvalue weighted by Crippen LogP contribution is -2.52. The average molecular weight is 577 g/mol. The van der Waals surface area contributed by atoms with Gasteiger partial charge in [0.15, 0.2) is 0 Å². The van der Waals surface area contributed by atoms with Gasteiger partial charge in [0.25, 0.3) is 0 Å². The lowest BCUT2D eigenvalue weighted by molar-refractivity contribution is -0.120. The predicted octanol–water partition coefficient (Wildman–Crippen LogP) is 5.36. The summed E-state index contributed by atoms with van der Waals surface area (Å²) in [6.45, 7) is 8.45. The van der Waals surface area contributed by atoms with Crippen molar-refractivity contribution in [3.8, 4) is 5.88 Å². The molecule has 0 saturated heterocycles. The fraction of sp³-hybridized carbons (Fsp3) is 0.586. The summed E-state index contributed by atoms with van der Waals surface area (Å²) < 4.78 is 20.5. The summed E-state index contributed by atoms with van der Waals surface area (Å²) in [5.74, 6) is 0.140. The van der Waals surface area contributed by atoms with Crippen molar-refractivity contribution < 1.29 is 19.0 Å². The van der Waals surface area contributed by atoms with E-state index in [9.17, 15) is 14.3 Å². The van der Waals surface area contributed by atoms with Crippen LogP contribution in [0.3, 0.4) is 0 Å². The van der Waals surface area contributed by atoms with Crippen LogP contribution in [-0.2, 0) is 17.6 Å². The fourth-order valence-electron chi connectivity index (χ4n) is 5.54. The highest BCUT2D eigenvalue weighted by molar-refractivity contribution is 9.10. The normalized spacial score (nSPS) is 20.1. The Kier molecular flexibility index (Phi) is 8.31. The fourth-order valence-corrected chi connectivity index (χ4v) is 5.97. The van der Waals surface area contributed by atoms with Gasteiger partial charge in [-0.15, -0.1) is 0 Å². The van der Waals surface area contributed by atoms with Crippen molar-refractivity contribution in [3.63, 3.8) is 0 Å². The van der Waals surface area contributed by atoms with Crippen molar-refractivity contribution in [1.29, 1.82) is 0 Å². The third-order valence-corrected chi connectivity index (χ3v) is 8.08. The predicted molar refractivity (Wildman–Crippen MR) is 146 cm³/mol. The van der Waals surface area contributed by atoms with Crippen LogP contribution in [0, 0.1) is 11.2 Å². The van der Waals surface area contributed by atoms with Gasteiger partial charge in [0.2, 0.25) is 11.8 Å². The van der Waals surface area contributed by atoms with Gasteiger partial charge in [-0.2, -0.15) is 0 Å². The first kappa shape index (κ1) is 28.0. The number of aliphatic hydroxyl groups is 1. The molecule has 2 heterocycles. The molecule has 1 aliphatic carbocycles. The van der Waals surface area contributed by atoms with E-state index >= 15 is 0 Å².